The molecule has 0 aromatic heterocycles. The minimum atomic E-state index is -0.432. The fraction of sp³-hybridized carbons (Fsp3) is 0.278. The second-order valence-corrected chi connectivity index (χ2v) is 5.74. The minimum Gasteiger partial charge on any atom is -0.380 e. The molecule has 3 rings (SSSR count). The van der Waals surface area contributed by atoms with E-state index in [1.165, 1.54) is 6.07 Å². The molecule has 1 saturated carbocycles. The summed E-state index contributed by atoms with van der Waals surface area (Å²) >= 11 is 0. The van der Waals surface area contributed by atoms with E-state index in [0.29, 0.717) is 18.5 Å². The van der Waals surface area contributed by atoms with Crippen LogP contribution in [0, 0.1) is 24.1 Å². The van der Waals surface area contributed by atoms with Crippen LogP contribution >= 0.6 is 0 Å². The predicted molar refractivity (Wildman–Crippen MR) is 81.5 cm³/mol. The van der Waals surface area contributed by atoms with Gasteiger partial charge in [-0.3, -0.25) is 0 Å². The van der Waals surface area contributed by atoms with Crippen LogP contribution in [0.25, 0.3) is 0 Å². The molecule has 2 aromatic carbocycles. The van der Waals surface area contributed by atoms with Gasteiger partial charge in [-0.25, -0.2) is 4.39 Å². The molecule has 0 atom stereocenters. The molecule has 1 aliphatic carbocycles. The Balaban J connectivity index is 1.75. The second-order valence-electron chi connectivity index (χ2n) is 5.74. The van der Waals surface area contributed by atoms with E-state index < -0.39 is 5.41 Å². The van der Waals surface area contributed by atoms with Gasteiger partial charge in [-0.05, 0) is 37.0 Å². The molecule has 1 N–H and O–H groups in total. The van der Waals surface area contributed by atoms with Crippen molar-refractivity contribution in [2.45, 2.75) is 31.2 Å². The van der Waals surface area contributed by atoms with Gasteiger partial charge in [0.1, 0.15) is 5.82 Å². The maximum absolute atomic E-state index is 13.8. The molecule has 0 amide bonds. The number of para-hydroxylation sites is 1. The van der Waals surface area contributed by atoms with Gasteiger partial charge >= 0.3 is 0 Å². The van der Waals surface area contributed by atoms with Crippen molar-refractivity contribution in [3.05, 3.63) is 65.5 Å². The van der Waals surface area contributed by atoms with Gasteiger partial charge in [0, 0.05) is 6.04 Å². The molecule has 0 spiro atoms. The van der Waals surface area contributed by atoms with Gasteiger partial charge in [0.05, 0.1) is 17.2 Å². The molecule has 21 heavy (non-hydrogen) atoms. The number of nitriles is 1. The zero-order chi connectivity index (χ0) is 14.9. The molecule has 0 saturated heterocycles. The lowest BCUT2D eigenvalue weighted by Gasteiger charge is -2.44. The zero-order valence-electron chi connectivity index (χ0n) is 11.9. The third-order valence-electron chi connectivity index (χ3n) is 4.30. The number of nitrogens with zero attached hydrogens (tertiary/aromatic N) is 1. The molecule has 0 aliphatic heterocycles. The van der Waals surface area contributed by atoms with Gasteiger partial charge in [-0.1, -0.05) is 42.5 Å². The van der Waals surface area contributed by atoms with Gasteiger partial charge in [-0.2, -0.15) is 5.26 Å². The fourth-order valence-electron chi connectivity index (χ4n) is 3.05. The summed E-state index contributed by atoms with van der Waals surface area (Å²) < 4.78 is 13.8. The lowest BCUT2D eigenvalue weighted by molar-refractivity contribution is 0.288. The summed E-state index contributed by atoms with van der Waals surface area (Å²) in [7, 11) is 0. The van der Waals surface area contributed by atoms with E-state index in [2.05, 4.69) is 11.4 Å². The van der Waals surface area contributed by atoms with Crippen LogP contribution in [0.4, 0.5) is 10.1 Å². The summed E-state index contributed by atoms with van der Waals surface area (Å²) in [6.45, 7) is 1.89. The maximum Gasteiger partial charge on any atom is 0.146 e. The van der Waals surface area contributed by atoms with Crippen molar-refractivity contribution in [2.24, 2.45) is 0 Å². The van der Waals surface area contributed by atoms with E-state index in [4.69, 9.17) is 0 Å². The molecular formula is C18H17FN2. The van der Waals surface area contributed by atoms with Crippen LogP contribution in [0.3, 0.4) is 0 Å². The highest BCUT2D eigenvalue weighted by molar-refractivity contribution is 5.54. The molecule has 1 fully saturated rings. The summed E-state index contributed by atoms with van der Waals surface area (Å²) in [6, 6.07) is 17.5. The summed E-state index contributed by atoms with van der Waals surface area (Å²) in [5, 5.41) is 12.8. The highest BCUT2D eigenvalue weighted by Crippen LogP contribution is 2.44. The van der Waals surface area contributed by atoms with Gasteiger partial charge < -0.3 is 5.32 Å². The number of nitrogens with one attached hydrogen (secondary N) is 1. The quantitative estimate of drug-likeness (QED) is 0.916. The summed E-state index contributed by atoms with van der Waals surface area (Å²) in [4.78, 5) is 0. The van der Waals surface area contributed by atoms with Crippen molar-refractivity contribution >= 4 is 5.69 Å². The van der Waals surface area contributed by atoms with Gasteiger partial charge in [0.2, 0.25) is 0 Å². The van der Waals surface area contributed by atoms with Crippen molar-refractivity contribution in [3.63, 3.8) is 0 Å². The number of anilines is 1. The lowest BCUT2D eigenvalue weighted by Crippen LogP contribution is -2.47. The average Bonchev–Trinajstić information content (AvgIpc) is 2.46. The van der Waals surface area contributed by atoms with Crippen molar-refractivity contribution in [2.75, 3.05) is 5.32 Å². The average molecular weight is 280 g/mol. The number of benzene rings is 2. The number of rotatable bonds is 3. The van der Waals surface area contributed by atoms with Crippen molar-refractivity contribution in [1.29, 1.82) is 5.26 Å². The van der Waals surface area contributed by atoms with Crippen molar-refractivity contribution in [3.8, 4) is 6.07 Å². The lowest BCUT2D eigenvalue weighted by atomic mass is 9.62. The highest BCUT2D eigenvalue weighted by atomic mass is 19.1. The molecule has 2 nitrogen and oxygen atoms in total. The summed E-state index contributed by atoms with van der Waals surface area (Å²) in [5.74, 6) is -0.232. The smallest absolute Gasteiger partial charge is 0.146 e. The number of hydrogen-bond acceptors (Lipinski definition) is 2. The van der Waals surface area contributed by atoms with Crippen LogP contribution < -0.4 is 5.32 Å². The Hall–Kier alpha value is -2.34. The fourth-order valence-corrected chi connectivity index (χ4v) is 3.05. The Bertz CT molecular complexity index is 662. The molecule has 0 heterocycles. The highest BCUT2D eigenvalue weighted by Gasteiger charge is 2.46. The van der Waals surface area contributed by atoms with Crippen molar-refractivity contribution < 1.29 is 4.39 Å². The van der Waals surface area contributed by atoms with E-state index in [9.17, 15) is 9.65 Å². The first-order valence-electron chi connectivity index (χ1n) is 7.13. The zero-order valence-corrected chi connectivity index (χ0v) is 11.9. The number of halogens is 1. The topological polar surface area (TPSA) is 35.8 Å². The van der Waals surface area contributed by atoms with Crippen molar-refractivity contribution in [1.82, 2.24) is 0 Å². The van der Waals surface area contributed by atoms with E-state index in [1.54, 1.807) is 6.07 Å². The Labute approximate surface area is 124 Å². The van der Waals surface area contributed by atoms with Gasteiger partial charge in [0.25, 0.3) is 0 Å². The molecule has 0 unspecified atom stereocenters. The molecule has 3 heteroatoms. The number of hydrogen-bond donors (Lipinski definition) is 1. The number of aryl methyl sites for hydroxylation is 1. The van der Waals surface area contributed by atoms with Crippen LogP contribution in [0.15, 0.2) is 48.5 Å². The Kier molecular flexibility index (Phi) is 3.39. The van der Waals surface area contributed by atoms with Crippen LogP contribution in [-0.4, -0.2) is 6.04 Å². The molecule has 0 radical (unpaired) electrons. The summed E-state index contributed by atoms with van der Waals surface area (Å²) in [5.41, 5.74) is 2.07. The van der Waals surface area contributed by atoms with E-state index in [-0.39, 0.29) is 11.9 Å². The van der Waals surface area contributed by atoms with Crippen LogP contribution in [0.5, 0.6) is 0 Å². The molecule has 2 aromatic rings. The SMILES string of the molecule is Cc1cccc(F)c1NC1CC(C#N)(c2ccccc2)C1. The monoisotopic (exact) mass is 280 g/mol. The normalized spacial score (nSPS) is 24.0. The standard InChI is InChI=1S/C18H17FN2/c1-13-6-5-9-16(19)17(13)21-15-10-18(11-15,12-20)14-7-3-2-4-8-14/h2-9,15,21H,10-11H2,1H3. The van der Waals surface area contributed by atoms with E-state index in [1.807, 2.05) is 43.3 Å². The first kappa shape index (κ1) is 13.6. The molecule has 106 valence electrons. The molecule has 1 aliphatic rings. The van der Waals surface area contributed by atoms with Gasteiger partial charge in [0.15, 0.2) is 0 Å². The predicted octanol–water partition coefficient (Wildman–Crippen LogP) is 4.17. The maximum atomic E-state index is 13.8. The minimum absolute atomic E-state index is 0.139. The molecule has 0 bridgehead atoms. The second kappa shape index (κ2) is 5.21. The first-order valence-corrected chi connectivity index (χ1v) is 7.13. The summed E-state index contributed by atoms with van der Waals surface area (Å²) in [6.07, 6.45) is 1.42. The first-order chi connectivity index (χ1) is 10.1. The largest absolute Gasteiger partial charge is 0.380 e. The third kappa shape index (κ3) is 2.38. The Morgan fingerprint density at radius 3 is 2.48 bits per heavy atom. The molecular weight excluding hydrogens is 263 g/mol. The van der Waals surface area contributed by atoms with Crippen LogP contribution in [0.2, 0.25) is 0 Å². The van der Waals surface area contributed by atoms with Crippen LogP contribution in [0.1, 0.15) is 24.0 Å². The van der Waals surface area contributed by atoms with E-state index >= 15 is 0 Å². The van der Waals surface area contributed by atoms with Gasteiger partial charge in [-0.15, -0.1) is 0 Å². The third-order valence-corrected chi connectivity index (χ3v) is 4.30. The Morgan fingerprint density at radius 1 is 1.14 bits per heavy atom. The Morgan fingerprint density at radius 2 is 1.86 bits per heavy atom. The van der Waals surface area contributed by atoms with E-state index in [0.717, 1.165) is 11.1 Å². The van der Waals surface area contributed by atoms with Crippen LogP contribution in [-0.2, 0) is 5.41 Å².